The maximum atomic E-state index is 12.7. The molecule has 4 nitrogen and oxygen atoms in total. The van der Waals surface area contributed by atoms with Crippen molar-refractivity contribution in [1.29, 1.82) is 0 Å². The summed E-state index contributed by atoms with van der Waals surface area (Å²) >= 11 is 11.5. The second-order valence-electron chi connectivity index (χ2n) is 4.93. The fourth-order valence-electron chi connectivity index (χ4n) is 1.70. The second kappa shape index (κ2) is 14.3. The Kier molecular flexibility index (Phi) is 14.8. The van der Waals surface area contributed by atoms with Crippen LogP contribution in [0.1, 0.15) is 39.5 Å². The minimum Gasteiger partial charge on any atom is -0.309 e. The molecule has 0 atom stereocenters. The Morgan fingerprint density at radius 1 is 0.905 bits per heavy atom. The molecule has 0 spiro atoms. The molecule has 0 saturated carbocycles. The lowest BCUT2D eigenvalue weighted by molar-refractivity contribution is 0.195. The van der Waals surface area contributed by atoms with Crippen LogP contribution in [0.2, 0.25) is 0 Å². The molecule has 21 heavy (non-hydrogen) atoms. The van der Waals surface area contributed by atoms with Crippen LogP contribution in [0.5, 0.6) is 0 Å². The normalized spacial score (nSPS) is 12.2. The first-order valence-corrected chi connectivity index (χ1v) is 10.6. The van der Waals surface area contributed by atoms with Crippen LogP contribution in [0.25, 0.3) is 0 Å². The third kappa shape index (κ3) is 11.9. The third-order valence-electron chi connectivity index (χ3n) is 3.06. The van der Waals surface area contributed by atoms with Gasteiger partial charge in [0, 0.05) is 31.4 Å². The van der Waals surface area contributed by atoms with Crippen molar-refractivity contribution in [3.8, 4) is 0 Å². The zero-order chi connectivity index (χ0) is 16.0. The molecule has 0 amide bonds. The van der Waals surface area contributed by atoms with Crippen molar-refractivity contribution in [2.75, 3.05) is 50.8 Å². The minimum atomic E-state index is -3.01. The Morgan fingerprint density at radius 3 is 1.76 bits per heavy atom. The zero-order valence-corrected chi connectivity index (χ0v) is 15.8. The summed E-state index contributed by atoms with van der Waals surface area (Å²) in [5.41, 5.74) is 0. The fourth-order valence-corrected chi connectivity index (χ4v) is 3.85. The SMILES string of the molecule is CCCCOP(=O)(CCN(CCCl)CCCl)OCCCC. The van der Waals surface area contributed by atoms with E-state index in [1.807, 2.05) is 0 Å². The number of rotatable bonds is 15. The van der Waals surface area contributed by atoms with Crippen molar-refractivity contribution < 1.29 is 13.6 Å². The standard InChI is InChI=1S/C14H30Cl2NO3P/c1-3-5-12-19-21(18,20-13-6-4-2)14-11-17(9-7-15)10-8-16/h3-14H2,1-2H3. The fraction of sp³-hybridized carbons (Fsp3) is 1.00. The van der Waals surface area contributed by atoms with E-state index < -0.39 is 7.60 Å². The van der Waals surface area contributed by atoms with Crippen molar-refractivity contribution in [3.63, 3.8) is 0 Å². The number of unbranched alkanes of at least 4 members (excludes halogenated alkanes) is 2. The molecule has 7 heteroatoms. The number of hydrogen-bond donors (Lipinski definition) is 0. The first-order chi connectivity index (χ1) is 10.1. The van der Waals surface area contributed by atoms with Crippen molar-refractivity contribution in [2.24, 2.45) is 0 Å². The molecule has 0 saturated heterocycles. The molecule has 0 aromatic carbocycles. The van der Waals surface area contributed by atoms with Crippen molar-refractivity contribution >= 4 is 30.8 Å². The summed E-state index contributed by atoms with van der Waals surface area (Å²) in [4.78, 5) is 2.10. The van der Waals surface area contributed by atoms with Gasteiger partial charge in [0.05, 0.1) is 19.4 Å². The molecule has 0 radical (unpaired) electrons. The van der Waals surface area contributed by atoms with E-state index in [9.17, 15) is 4.57 Å². The van der Waals surface area contributed by atoms with E-state index in [1.165, 1.54) is 0 Å². The van der Waals surface area contributed by atoms with Crippen LogP contribution in [0.4, 0.5) is 0 Å². The van der Waals surface area contributed by atoms with E-state index in [-0.39, 0.29) is 0 Å². The van der Waals surface area contributed by atoms with Gasteiger partial charge in [0.2, 0.25) is 0 Å². The lowest BCUT2D eigenvalue weighted by Crippen LogP contribution is -2.31. The molecule has 0 fully saturated rings. The zero-order valence-electron chi connectivity index (χ0n) is 13.4. The van der Waals surface area contributed by atoms with Gasteiger partial charge in [-0.15, -0.1) is 23.2 Å². The molecular weight excluding hydrogens is 332 g/mol. The van der Waals surface area contributed by atoms with Crippen molar-refractivity contribution in [1.82, 2.24) is 4.90 Å². The molecule has 0 N–H and O–H groups in total. The Hall–Kier alpha value is 0.690. The first kappa shape index (κ1) is 21.7. The van der Waals surface area contributed by atoms with Gasteiger partial charge in [-0.25, -0.2) is 0 Å². The van der Waals surface area contributed by atoms with Gasteiger partial charge in [0.1, 0.15) is 0 Å². The lowest BCUT2D eigenvalue weighted by Gasteiger charge is -2.24. The van der Waals surface area contributed by atoms with Crippen LogP contribution in [-0.2, 0) is 13.6 Å². The Bertz CT molecular complexity index is 263. The molecule has 0 aliphatic carbocycles. The predicted octanol–water partition coefficient (Wildman–Crippen LogP) is 4.59. The van der Waals surface area contributed by atoms with Crippen LogP contribution in [-0.4, -0.2) is 55.7 Å². The maximum Gasteiger partial charge on any atom is 0.331 e. The smallest absolute Gasteiger partial charge is 0.309 e. The summed E-state index contributed by atoms with van der Waals surface area (Å²) in [5.74, 6) is 1.07. The van der Waals surface area contributed by atoms with Gasteiger partial charge in [-0.1, -0.05) is 26.7 Å². The van der Waals surface area contributed by atoms with Crippen LogP contribution in [0, 0.1) is 0 Å². The monoisotopic (exact) mass is 361 g/mol. The summed E-state index contributed by atoms with van der Waals surface area (Å²) in [7, 11) is -3.01. The number of hydrogen-bond acceptors (Lipinski definition) is 4. The van der Waals surface area contributed by atoms with E-state index in [0.29, 0.717) is 37.7 Å². The Labute approximate surface area is 140 Å². The first-order valence-electron chi connectivity index (χ1n) is 7.84. The van der Waals surface area contributed by atoms with E-state index in [2.05, 4.69) is 18.7 Å². The topological polar surface area (TPSA) is 38.8 Å². The molecule has 0 heterocycles. The van der Waals surface area contributed by atoms with Crippen LogP contribution >= 0.6 is 30.8 Å². The summed E-state index contributed by atoms with van der Waals surface area (Å²) in [5, 5.41) is 0. The van der Waals surface area contributed by atoms with Crippen LogP contribution in [0.15, 0.2) is 0 Å². The Balaban J connectivity index is 4.37. The van der Waals surface area contributed by atoms with Crippen LogP contribution in [0.3, 0.4) is 0 Å². The van der Waals surface area contributed by atoms with Gasteiger partial charge >= 0.3 is 7.60 Å². The van der Waals surface area contributed by atoms with Crippen LogP contribution < -0.4 is 0 Å². The highest BCUT2D eigenvalue weighted by Gasteiger charge is 2.25. The third-order valence-corrected chi connectivity index (χ3v) is 5.30. The quantitative estimate of drug-likeness (QED) is 0.243. The van der Waals surface area contributed by atoms with Crippen molar-refractivity contribution in [3.05, 3.63) is 0 Å². The van der Waals surface area contributed by atoms with Gasteiger partial charge in [0.25, 0.3) is 0 Å². The number of alkyl halides is 2. The van der Waals surface area contributed by atoms with Gasteiger partial charge in [-0.2, -0.15) is 0 Å². The predicted molar refractivity (Wildman–Crippen MR) is 92.1 cm³/mol. The molecule has 0 aromatic heterocycles. The highest BCUT2D eigenvalue weighted by molar-refractivity contribution is 7.53. The molecule has 0 aliphatic rings. The molecular formula is C14H30Cl2NO3P. The van der Waals surface area contributed by atoms with Gasteiger partial charge in [-0.3, -0.25) is 4.57 Å². The number of nitrogens with zero attached hydrogens (tertiary/aromatic N) is 1. The molecule has 0 aliphatic heterocycles. The molecule has 0 unspecified atom stereocenters. The van der Waals surface area contributed by atoms with E-state index in [4.69, 9.17) is 32.2 Å². The maximum absolute atomic E-state index is 12.7. The highest BCUT2D eigenvalue weighted by Crippen LogP contribution is 2.48. The highest BCUT2D eigenvalue weighted by atomic mass is 35.5. The van der Waals surface area contributed by atoms with E-state index in [1.54, 1.807) is 0 Å². The summed E-state index contributed by atoms with van der Waals surface area (Å²) in [6.07, 6.45) is 4.22. The largest absolute Gasteiger partial charge is 0.331 e. The molecule has 0 bridgehead atoms. The van der Waals surface area contributed by atoms with Gasteiger partial charge in [-0.05, 0) is 12.8 Å². The van der Waals surface area contributed by atoms with E-state index in [0.717, 1.165) is 38.8 Å². The summed E-state index contributed by atoms with van der Waals surface area (Å²) in [6.45, 7) is 7.24. The Morgan fingerprint density at radius 2 is 1.38 bits per heavy atom. The van der Waals surface area contributed by atoms with Gasteiger partial charge < -0.3 is 13.9 Å². The lowest BCUT2D eigenvalue weighted by atomic mass is 10.4. The molecule has 128 valence electrons. The number of halogens is 2. The minimum absolute atomic E-state index is 0.397. The second-order valence-corrected chi connectivity index (χ2v) is 7.87. The average molecular weight is 362 g/mol. The van der Waals surface area contributed by atoms with E-state index >= 15 is 0 Å². The molecule has 0 aromatic rings. The van der Waals surface area contributed by atoms with Gasteiger partial charge in [0.15, 0.2) is 0 Å². The summed E-state index contributed by atoms with van der Waals surface area (Å²) in [6, 6.07) is 0. The summed E-state index contributed by atoms with van der Waals surface area (Å²) < 4.78 is 23.9. The average Bonchev–Trinajstić information content (AvgIpc) is 2.46. The van der Waals surface area contributed by atoms with Crippen molar-refractivity contribution in [2.45, 2.75) is 39.5 Å². The molecule has 0 rings (SSSR count).